The van der Waals surface area contributed by atoms with Crippen LogP contribution in [0, 0.1) is 17.8 Å². The molecule has 0 spiro atoms. The second-order valence-electron chi connectivity index (χ2n) is 6.50. The molecule has 2 aliphatic rings. The SMILES string of the molecule is CC1CCN(CC(O)CN2C(=O)C(C)C(C)C2=O)CC1. The smallest absolute Gasteiger partial charge is 0.232 e. The molecule has 2 amide bonds. The molecule has 0 aromatic heterocycles. The van der Waals surface area contributed by atoms with Crippen LogP contribution < -0.4 is 0 Å². The summed E-state index contributed by atoms with van der Waals surface area (Å²) in [5.41, 5.74) is 0. The number of rotatable bonds is 4. The molecule has 0 saturated carbocycles. The van der Waals surface area contributed by atoms with Gasteiger partial charge in [0.05, 0.1) is 12.6 Å². The van der Waals surface area contributed by atoms with Crippen LogP contribution in [0.5, 0.6) is 0 Å². The summed E-state index contributed by atoms with van der Waals surface area (Å²) in [6.45, 7) is 8.48. The van der Waals surface area contributed by atoms with Crippen molar-refractivity contribution in [3.05, 3.63) is 0 Å². The average molecular weight is 282 g/mol. The molecule has 5 nitrogen and oxygen atoms in total. The van der Waals surface area contributed by atoms with E-state index in [1.54, 1.807) is 13.8 Å². The van der Waals surface area contributed by atoms with Gasteiger partial charge < -0.3 is 10.0 Å². The lowest BCUT2D eigenvalue weighted by Gasteiger charge is -2.32. The maximum atomic E-state index is 12.0. The van der Waals surface area contributed by atoms with E-state index in [9.17, 15) is 14.7 Å². The first-order chi connectivity index (χ1) is 9.40. The van der Waals surface area contributed by atoms with Crippen molar-refractivity contribution in [1.82, 2.24) is 9.80 Å². The van der Waals surface area contributed by atoms with Gasteiger partial charge in [-0.2, -0.15) is 0 Å². The van der Waals surface area contributed by atoms with Gasteiger partial charge >= 0.3 is 0 Å². The third-order valence-corrected chi connectivity index (χ3v) is 4.80. The van der Waals surface area contributed by atoms with Crippen molar-refractivity contribution in [3.8, 4) is 0 Å². The second kappa shape index (κ2) is 6.22. The van der Waals surface area contributed by atoms with Crippen molar-refractivity contribution in [1.29, 1.82) is 0 Å². The van der Waals surface area contributed by atoms with Crippen molar-refractivity contribution in [2.75, 3.05) is 26.2 Å². The quantitative estimate of drug-likeness (QED) is 0.772. The fourth-order valence-corrected chi connectivity index (χ4v) is 3.02. The van der Waals surface area contributed by atoms with Gasteiger partial charge in [-0.25, -0.2) is 0 Å². The number of aliphatic hydroxyl groups is 1. The largest absolute Gasteiger partial charge is 0.390 e. The standard InChI is InChI=1S/C15H26N2O3/c1-10-4-6-16(7-5-10)8-13(18)9-17-14(19)11(2)12(3)15(17)20/h10-13,18H,4-9H2,1-3H3. The number of carbonyl (C=O) groups excluding carboxylic acids is 2. The number of nitrogens with zero attached hydrogens (tertiary/aromatic N) is 2. The van der Waals surface area contributed by atoms with E-state index in [1.807, 2.05) is 0 Å². The van der Waals surface area contributed by atoms with Gasteiger partial charge in [0.25, 0.3) is 0 Å². The zero-order valence-electron chi connectivity index (χ0n) is 12.7. The van der Waals surface area contributed by atoms with Crippen LogP contribution in [0.3, 0.4) is 0 Å². The molecular formula is C15H26N2O3. The minimum Gasteiger partial charge on any atom is -0.390 e. The molecule has 20 heavy (non-hydrogen) atoms. The fraction of sp³-hybridized carbons (Fsp3) is 0.867. The highest BCUT2D eigenvalue weighted by Gasteiger charge is 2.42. The highest BCUT2D eigenvalue weighted by atomic mass is 16.3. The molecule has 5 heteroatoms. The van der Waals surface area contributed by atoms with E-state index in [1.165, 1.54) is 4.90 Å². The molecule has 0 radical (unpaired) electrons. The van der Waals surface area contributed by atoms with Crippen molar-refractivity contribution < 1.29 is 14.7 Å². The molecule has 2 aliphatic heterocycles. The number of piperidine rings is 1. The van der Waals surface area contributed by atoms with Crippen LogP contribution in [0.1, 0.15) is 33.6 Å². The van der Waals surface area contributed by atoms with Crippen molar-refractivity contribution >= 4 is 11.8 Å². The Morgan fingerprint density at radius 1 is 1.05 bits per heavy atom. The van der Waals surface area contributed by atoms with E-state index in [4.69, 9.17) is 0 Å². The number of imide groups is 1. The molecule has 0 aromatic carbocycles. The molecule has 0 bridgehead atoms. The Morgan fingerprint density at radius 2 is 1.55 bits per heavy atom. The van der Waals surface area contributed by atoms with Gasteiger partial charge in [0.2, 0.25) is 11.8 Å². The van der Waals surface area contributed by atoms with E-state index >= 15 is 0 Å². The molecule has 2 heterocycles. The summed E-state index contributed by atoms with van der Waals surface area (Å²) in [7, 11) is 0. The maximum absolute atomic E-state index is 12.0. The Labute approximate surface area is 120 Å². The normalized spacial score (nSPS) is 31.1. The minimum absolute atomic E-state index is 0.137. The van der Waals surface area contributed by atoms with Crippen LogP contribution in [0.2, 0.25) is 0 Å². The molecule has 114 valence electrons. The van der Waals surface area contributed by atoms with Gasteiger partial charge in [-0.1, -0.05) is 20.8 Å². The third-order valence-electron chi connectivity index (χ3n) is 4.80. The monoisotopic (exact) mass is 282 g/mol. The third kappa shape index (κ3) is 3.20. The molecule has 1 N–H and O–H groups in total. The maximum Gasteiger partial charge on any atom is 0.232 e. The number of amides is 2. The molecular weight excluding hydrogens is 256 g/mol. The molecule has 0 aromatic rings. The van der Waals surface area contributed by atoms with Gasteiger partial charge in [0, 0.05) is 18.4 Å². The van der Waals surface area contributed by atoms with Crippen molar-refractivity contribution in [2.24, 2.45) is 17.8 Å². The summed E-state index contributed by atoms with van der Waals surface area (Å²) < 4.78 is 0. The zero-order chi connectivity index (χ0) is 14.9. The van der Waals surface area contributed by atoms with Crippen LogP contribution in [0.15, 0.2) is 0 Å². The zero-order valence-corrected chi connectivity index (χ0v) is 12.7. The van der Waals surface area contributed by atoms with E-state index in [2.05, 4.69) is 11.8 Å². The first kappa shape index (κ1) is 15.4. The Morgan fingerprint density at radius 3 is 2.05 bits per heavy atom. The van der Waals surface area contributed by atoms with Crippen LogP contribution >= 0.6 is 0 Å². The number of hydrogen-bond donors (Lipinski definition) is 1. The predicted molar refractivity (Wildman–Crippen MR) is 75.9 cm³/mol. The first-order valence-electron chi connectivity index (χ1n) is 7.65. The number of aliphatic hydroxyl groups excluding tert-OH is 1. The second-order valence-corrected chi connectivity index (χ2v) is 6.50. The number of hydrogen-bond acceptors (Lipinski definition) is 4. The van der Waals surface area contributed by atoms with Crippen LogP contribution in [0.25, 0.3) is 0 Å². The van der Waals surface area contributed by atoms with Gasteiger partial charge in [-0.3, -0.25) is 14.5 Å². The number of likely N-dealkylation sites (tertiary alicyclic amines) is 2. The lowest BCUT2D eigenvalue weighted by atomic mass is 9.99. The lowest BCUT2D eigenvalue weighted by Crippen LogP contribution is -2.44. The summed E-state index contributed by atoms with van der Waals surface area (Å²) in [6.07, 6.45) is 1.67. The van der Waals surface area contributed by atoms with Gasteiger partial charge in [-0.05, 0) is 31.8 Å². The van der Waals surface area contributed by atoms with Crippen molar-refractivity contribution in [3.63, 3.8) is 0 Å². The highest BCUT2D eigenvalue weighted by Crippen LogP contribution is 2.25. The van der Waals surface area contributed by atoms with Crippen LogP contribution in [-0.4, -0.2) is 59.0 Å². The Balaban J connectivity index is 1.84. The van der Waals surface area contributed by atoms with Crippen molar-refractivity contribution in [2.45, 2.75) is 39.7 Å². The van der Waals surface area contributed by atoms with E-state index < -0.39 is 6.10 Å². The summed E-state index contributed by atoms with van der Waals surface area (Å²) in [5, 5.41) is 10.1. The molecule has 3 atom stereocenters. The van der Waals surface area contributed by atoms with E-state index in [0.29, 0.717) is 6.54 Å². The minimum atomic E-state index is -0.645. The summed E-state index contributed by atoms with van der Waals surface area (Å²) >= 11 is 0. The summed E-state index contributed by atoms with van der Waals surface area (Å²) in [4.78, 5) is 27.4. The molecule has 2 fully saturated rings. The Kier molecular flexibility index (Phi) is 4.81. The van der Waals surface area contributed by atoms with E-state index in [0.717, 1.165) is 31.8 Å². The topological polar surface area (TPSA) is 60.9 Å². The van der Waals surface area contributed by atoms with E-state index in [-0.39, 0.29) is 30.2 Å². The fourth-order valence-electron chi connectivity index (χ4n) is 3.02. The predicted octanol–water partition coefficient (Wildman–Crippen LogP) is 0.720. The van der Waals surface area contributed by atoms with Gasteiger partial charge in [0.1, 0.15) is 0 Å². The first-order valence-corrected chi connectivity index (χ1v) is 7.65. The Bertz CT molecular complexity index is 357. The summed E-state index contributed by atoms with van der Waals surface area (Å²) in [5.74, 6) is -0.0504. The molecule has 2 rings (SSSR count). The van der Waals surface area contributed by atoms with Crippen LogP contribution in [0.4, 0.5) is 0 Å². The molecule has 2 saturated heterocycles. The van der Waals surface area contributed by atoms with Crippen LogP contribution in [-0.2, 0) is 9.59 Å². The number of carbonyl (C=O) groups is 2. The van der Waals surface area contributed by atoms with Gasteiger partial charge in [0.15, 0.2) is 0 Å². The molecule has 0 aliphatic carbocycles. The Hall–Kier alpha value is -0.940. The number of β-amino-alcohol motifs (C(OH)–C–C–N with tert-alkyl or cyclic N) is 1. The average Bonchev–Trinajstić information content (AvgIpc) is 2.59. The summed E-state index contributed by atoms with van der Waals surface area (Å²) in [6, 6.07) is 0. The highest BCUT2D eigenvalue weighted by molar-refractivity contribution is 6.04. The lowest BCUT2D eigenvalue weighted by molar-refractivity contribution is -0.141. The molecule has 3 unspecified atom stereocenters. The van der Waals surface area contributed by atoms with Gasteiger partial charge in [-0.15, -0.1) is 0 Å².